The minimum absolute atomic E-state index is 0.132. The van der Waals surface area contributed by atoms with Crippen molar-refractivity contribution in [2.75, 3.05) is 27.2 Å². The van der Waals surface area contributed by atoms with Gasteiger partial charge >= 0.3 is 6.03 Å². The number of rotatable bonds is 10. The molecule has 5 heteroatoms. The van der Waals surface area contributed by atoms with Gasteiger partial charge in [0.2, 0.25) is 0 Å². The number of carbonyl (C=O) groups is 1. The molecule has 2 N–H and O–H groups in total. The largest absolute Gasteiger partial charge is 0.380 e. The predicted molar refractivity (Wildman–Crippen MR) is 105 cm³/mol. The standard InChI is InChI=1S/C21H29N3O2/c1-24(16-18-8-4-3-5-9-18)13-7-12-22-21(25)23-15-19-10-6-11-20(14-19)17-26-2/h3-6,8-11,14H,7,12-13,15-17H2,1-2H3,(H2,22,23,25). The molecule has 0 aliphatic heterocycles. The van der Waals surface area contributed by atoms with E-state index in [1.807, 2.05) is 30.3 Å². The van der Waals surface area contributed by atoms with Crippen LogP contribution in [-0.4, -0.2) is 38.2 Å². The van der Waals surface area contributed by atoms with E-state index in [0.717, 1.165) is 30.6 Å². The van der Waals surface area contributed by atoms with Crippen molar-refractivity contribution in [3.63, 3.8) is 0 Å². The Morgan fingerprint density at radius 1 is 1.00 bits per heavy atom. The van der Waals surface area contributed by atoms with Gasteiger partial charge in [0.05, 0.1) is 6.61 Å². The molecular formula is C21H29N3O2. The third-order valence-electron chi connectivity index (χ3n) is 4.05. The highest BCUT2D eigenvalue weighted by atomic mass is 16.5. The Morgan fingerprint density at radius 3 is 2.50 bits per heavy atom. The molecule has 0 aliphatic carbocycles. The van der Waals surface area contributed by atoms with E-state index in [9.17, 15) is 4.79 Å². The lowest BCUT2D eigenvalue weighted by Gasteiger charge is -2.16. The number of nitrogens with zero attached hydrogens (tertiary/aromatic N) is 1. The monoisotopic (exact) mass is 355 g/mol. The third kappa shape index (κ3) is 7.68. The van der Waals surface area contributed by atoms with Gasteiger partial charge in [0.15, 0.2) is 0 Å². The van der Waals surface area contributed by atoms with Crippen molar-refractivity contribution >= 4 is 6.03 Å². The van der Waals surface area contributed by atoms with Crippen molar-refractivity contribution in [2.45, 2.75) is 26.1 Å². The summed E-state index contributed by atoms with van der Waals surface area (Å²) in [4.78, 5) is 14.2. The van der Waals surface area contributed by atoms with E-state index in [0.29, 0.717) is 19.7 Å². The smallest absolute Gasteiger partial charge is 0.315 e. The maximum Gasteiger partial charge on any atom is 0.315 e. The fraction of sp³-hybridized carbons (Fsp3) is 0.381. The first-order valence-corrected chi connectivity index (χ1v) is 8.98. The van der Waals surface area contributed by atoms with Gasteiger partial charge in [-0.1, -0.05) is 54.6 Å². The first kappa shape index (κ1) is 19.9. The van der Waals surface area contributed by atoms with Crippen LogP contribution in [0.1, 0.15) is 23.1 Å². The van der Waals surface area contributed by atoms with Crippen molar-refractivity contribution in [3.05, 3.63) is 71.3 Å². The quantitative estimate of drug-likeness (QED) is 0.644. The number of urea groups is 1. The van der Waals surface area contributed by atoms with Crippen LogP contribution in [0, 0.1) is 0 Å². The zero-order valence-electron chi connectivity index (χ0n) is 15.7. The van der Waals surface area contributed by atoms with E-state index in [-0.39, 0.29) is 6.03 Å². The zero-order valence-corrected chi connectivity index (χ0v) is 15.7. The molecule has 0 aromatic heterocycles. The SMILES string of the molecule is COCc1cccc(CNC(=O)NCCCN(C)Cc2ccccc2)c1. The molecule has 0 bridgehead atoms. The molecule has 26 heavy (non-hydrogen) atoms. The summed E-state index contributed by atoms with van der Waals surface area (Å²) < 4.78 is 5.13. The molecule has 0 radical (unpaired) electrons. The van der Waals surface area contributed by atoms with E-state index < -0.39 is 0 Å². The van der Waals surface area contributed by atoms with Gasteiger partial charge < -0.3 is 20.3 Å². The van der Waals surface area contributed by atoms with E-state index in [1.54, 1.807) is 7.11 Å². The molecule has 2 rings (SSSR count). The van der Waals surface area contributed by atoms with Crippen molar-refractivity contribution in [2.24, 2.45) is 0 Å². The molecular weight excluding hydrogens is 326 g/mol. The fourth-order valence-corrected chi connectivity index (χ4v) is 2.77. The van der Waals surface area contributed by atoms with Crippen LogP contribution in [0.25, 0.3) is 0 Å². The van der Waals surface area contributed by atoms with Gasteiger partial charge in [-0.15, -0.1) is 0 Å². The van der Waals surface area contributed by atoms with Crippen LogP contribution in [0.5, 0.6) is 0 Å². The maximum atomic E-state index is 11.9. The molecule has 2 aromatic carbocycles. The molecule has 0 saturated heterocycles. The highest BCUT2D eigenvalue weighted by Gasteiger charge is 2.03. The normalized spacial score (nSPS) is 10.7. The molecule has 0 aliphatic rings. The van der Waals surface area contributed by atoms with Crippen molar-refractivity contribution in [1.82, 2.24) is 15.5 Å². The summed E-state index contributed by atoms with van der Waals surface area (Å²) in [6, 6.07) is 18.3. The first-order valence-electron chi connectivity index (χ1n) is 8.98. The molecule has 0 unspecified atom stereocenters. The van der Waals surface area contributed by atoms with Crippen LogP contribution in [0.3, 0.4) is 0 Å². The van der Waals surface area contributed by atoms with Crippen molar-refractivity contribution in [3.8, 4) is 0 Å². The number of hydrogen-bond donors (Lipinski definition) is 2. The fourth-order valence-electron chi connectivity index (χ4n) is 2.77. The van der Waals surface area contributed by atoms with Gasteiger partial charge in [-0.3, -0.25) is 0 Å². The lowest BCUT2D eigenvalue weighted by Crippen LogP contribution is -2.36. The Morgan fingerprint density at radius 2 is 1.73 bits per heavy atom. The maximum absolute atomic E-state index is 11.9. The average Bonchev–Trinajstić information content (AvgIpc) is 2.65. The molecule has 0 saturated carbocycles. The van der Waals surface area contributed by atoms with Gasteiger partial charge in [0, 0.05) is 26.7 Å². The number of carbonyl (C=O) groups excluding carboxylic acids is 1. The highest BCUT2D eigenvalue weighted by molar-refractivity contribution is 5.73. The van der Waals surface area contributed by atoms with E-state index in [2.05, 4.69) is 46.8 Å². The molecule has 0 atom stereocenters. The Balaban J connectivity index is 1.59. The highest BCUT2D eigenvalue weighted by Crippen LogP contribution is 2.06. The summed E-state index contributed by atoms with van der Waals surface area (Å²) in [7, 11) is 3.77. The minimum Gasteiger partial charge on any atom is -0.380 e. The predicted octanol–water partition coefficient (Wildman–Crippen LogP) is 3.15. The molecule has 140 valence electrons. The summed E-state index contributed by atoms with van der Waals surface area (Å²) in [5.74, 6) is 0. The number of hydrogen-bond acceptors (Lipinski definition) is 3. The first-order chi connectivity index (χ1) is 12.7. The van der Waals surface area contributed by atoms with Crippen LogP contribution < -0.4 is 10.6 Å². The molecule has 2 aromatic rings. The van der Waals surface area contributed by atoms with Crippen LogP contribution in [0.15, 0.2) is 54.6 Å². The van der Waals surface area contributed by atoms with Crippen LogP contribution >= 0.6 is 0 Å². The number of benzene rings is 2. The zero-order chi connectivity index (χ0) is 18.6. The molecule has 5 nitrogen and oxygen atoms in total. The Hall–Kier alpha value is -2.37. The van der Waals surface area contributed by atoms with Crippen LogP contribution in [0.2, 0.25) is 0 Å². The lowest BCUT2D eigenvalue weighted by atomic mass is 10.1. The van der Waals surface area contributed by atoms with Gasteiger partial charge in [-0.2, -0.15) is 0 Å². The van der Waals surface area contributed by atoms with E-state index in [1.165, 1.54) is 5.56 Å². The second-order valence-corrected chi connectivity index (χ2v) is 6.44. The van der Waals surface area contributed by atoms with Gasteiger partial charge in [-0.05, 0) is 36.7 Å². The lowest BCUT2D eigenvalue weighted by molar-refractivity contribution is 0.185. The average molecular weight is 355 g/mol. The van der Waals surface area contributed by atoms with Crippen molar-refractivity contribution < 1.29 is 9.53 Å². The van der Waals surface area contributed by atoms with Gasteiger partial charge in [-0.25, -0.2) is 4.79 Å². The minimum atomic E-state index is -0.132. The molecule has 0 spiro atoms. The number of amides is 2. The summed E-state index contributed by atoms with van der Waals surface area (Å²) in [6.07, 6.45) is 0.917. The second-order valence-electron chi connectivity index (χ2n) is 6.44. The second kappa shape index (κ2) is 11.3. The van der Waals surface area contributed by atoms with Crippen LogP contribution in [0.4, 0.5) is 4.79 Å². The Bertz CT molecular complexity index is 661. The Kier molecular flexibility index (Phi) is 8.66. The Labute approximate surface area is 156 Å². The number of methoxy groups -OCH3 is 1. The topological polar surface area (TPSA) is 53.6 Å². The molecule has 2 amide bonds. The summed E-state index contributed by atoms with van der Waals surface area (Å²) in [5.41, 5.74) is 3.47. The van der Waals surface area contributed by atoms with Crippen LogP contribution in [-0.2, 0) is 24.4 Å². The number of ether oxygens (including phenoxy) is 1. The summed E-state index contributed by atoms with van der Waals surface area (Å²) in [5, 5.41) is 5.80. The van der Waals surface area contributed by atoms with E-state index >= 15 is 0 Å². The van der Waals surface area contributed by atoms with Gasteiger partial charge in [0.1, 0.15) is 0 Å². The molecule has 0 fully saturated rings. The summed E-state index contributed by atoms with van der Waals surface area (Å²) in [6.45, 7) is 3.61. The number of nitrogens with one attached hydrogen (secondary N) is 2. The van der Waals surface area contributed by atoms with Gasteiger partial charge in [0.25, 0.3) is 0 Å². The van der Waals surface area contributed by atoms with Crippen molar-refractivity contribution in [1.29, 1.82) is 0 Å². The summed E-state index contributed by atoms with van der Waals surface area (Å²) >= 11 is 0. The molecule has 0 heterocycles. The third-order valence-corrected chi connectivity index (χ3v) is 4.05. The van der Waals surface area contributed by atoms with E-state index in [4.69, 9.17) is 4.74 Å².